The number of nitrogens with zero attached hydrogens (tertiary/aromatic N) is 3. The van der Waals surface area contributed by atoms with Gasteiger partial charge in [-0.15, -0.1) is 0 Å². The van der Waals surface area contributed by atoms with Crippen LogP contribution in [-0.4, -0.2) is 64.5 Å². The minimum atomic E-state index is -1.50. The van der Waals surface area contributed by atoms with E-state index in [-0.39, 0.29) is 24.0 Å². The number of aliphatic hydroxyl groups excluding tert-OH is 1. The summed E-state index contributed by atoms with van der Waals surface area (Å²) in [6.07, 6.45) is 1.41. The number of carbonyl (C=O) groups is 2. The number of aliphatic hydroxyl groups is 2. The molecular weight excluding hydrogens is 388 g/mol. The van der Waals surface area contributed by atoms with E-state index in [9.17, 15) is 19.8 Å². The maximum absolute atomic E-state index is 12.4. The zero-order valence-electron chi connectivity index (χ0n) is 16.5. The number of Topliss-reactive ketones (excluding diaryl/α,β-unsaturated/α-hetero) is 1. The van der Waals surface area contributed by atoms with Gasteiger partial charge in [-0.2, -0.15) is 4.99 Å². The topological polar surface area (TPSA) is 160 Å². The van der Waals surface area contributed by atoms with Gasteiger partial charge in [0.05, 0.1) is 18.5 Å². The number of nitrogens with one attached hydrogen (secondary N) is 3. The van der Waals surface area contributed by atoms with Crippen molar-refractivity contribution in [2.24, 2.45) is 20.9 Å². The largest absolute Gasteiger partial charge is 0.379 e. The van der Waals surface area contributed by atoms with E-state index < -0.39 is 24.2 Å². The number of guanidine groups is 1. The van der Waals surface area contributed by atoms with Gasteiger partial charge in [-0.05, 0) is 30.7 Å². The molecule has 1 unspecified atom stereocenters. The second kappa shape index (κ2) is 9.51. The first-order chi connectivity index (χ1) is 14.4. The number of aliphatic imine (C=N–C) groups is 3. The number of carbonyl (C=O) groups excluding carboxylic acids is 2. The van der Waals surface area contributed by atoms with Crippen molar-refractivity contribution in [2.45, 2.75) is 38.5 Å². The van der Waals surface area contributed by atoms with Gasteiger partial charge in [0.1, 0.15) is 0 Å². The van der Waals surface area contributed by atoms with Crippen LogP contribution in [0.4, 0.5) is 5.69 Å². The Morgan fingerprint density at radius 3 is 2.70 bits per heavy atom. The highest BCUT2D eigenvalue weighted by molar-refractivity contribution is 6.38. The van der Waals surface area contributed by atoms with Crippen LogP contribution in [0.5, 0.6) is 0 Å². The molecule has 0 radical (unpaired) electrons. The molecule has 10 heteroatoms. The number of amidine groups is 1. The van der Waals surface area contributed by atoms with Gasteiger partial charge in [0, 0.05) is 23.6 Å². The summed E-state index contributed by atoms with van der Waals surface area (Å²) in [7, 11) is 0. The summed E-state index contributed by atoms with van der Waals surface area (Å²) >= 11 is 0. The Balaban J connectivity index is 1.57. The standard InChI is InChI=1S/C20H24N6O4/c1-2-3-12(19(29)30)8-15(27)11-4-6-13(7-5-11)22-9-14-10-23-17-16(24-14)18(28)26-20(21)25-17/h4-7,10,12,16,19,22,29-30H,2-3,8-9H2,1H3,(H2,21,26,28)/t12-,16?/m1/s1. The van der Waals surface area contributed by atoms with Gasteiger partial charge in [-0.3, -0.25) is 25.3 Å². The van der Waals surface area contributed by atoms with E-state index in [1.807, 2.05) is 6.92 Å². The molecule has 0 fully saturated rings. The molecule has 5 N–H and O–H groups in total. The van der Waals surface area contributed by atoms with Crippen LogP contribution >= 0.6 is 0 Å². The summed E-state index contributed by atoms with van der Waals surface area (Å²) in [5.41, 5.74) is 1.81. The lowest BCUT2D eigenvalue weighted by Gasteiger charge is -2.21. The third-order valence-corrected chi connectivity index (χ3v) is 4.81. The molecule has 158 valence electrons. The van der Waals surface area contributed by atoms with Crippen molar-refractivity contribution in [1.29, 1.82) is 5.41 Å². The summed E-state index contributed by atoms with van der Waals surface area (Å²) in [5, 5.41) is 31.7. The third-order valence-electron chi connectivity index (χ3n) is 4.81. The predicted octanol–water partition coefficient (Wildman–Crippen LogP) is 0.755. The van der Waals surface area contributed by atoms with E-state index in [1.165, 1.54) is 6.21 Å². The molecule has 2 atom stereocenters. The molecule has 2 heterocycles. The first-order valence-corrected chi connectivity index (χ1v) is 9.69. The molecule has 2 aliphatic heterocycles. The first kappa shape index (κ1) is 21.5. The van der Waals surface area contributed by atoms with Gasteiger partial charge in [0.15, 0.2) is 24.0 Å². The Morgan fingerprint density at radius 1 is 1.30 bits per heavy atom. The summed E-state index contributed by atoms with van der Waals surface area (Å²) in [4.78, 5) is 36.6. The fraction of sp³-hybridized carbons (Fsp3) is 0.400. The summed E-state index contributed by atoms with van der Waals surface area (Å²) in [6, 6.07) is 6.01. The van der Waals surface area contributed by atoms with Crippen LogP contribution in [0.25, 0.3) is 0 Å². The Kier molecular flexibility index (Phi) is 6.80. The van der Waals surface area contributed by atoms with Crippen molar-refractivity contribution < 1.29 is 19.8 Å². The van der Waals surface area contributed by atoms with Crippen molar-refractivity contribution in [2.75, 3.05) is 11.9 Å². The Hall–Kier alpha value is -3.24. The number of amides is 1. The normalized spacial score (nSPS) is 19.0. The minimum Gasteiger partial charge on any atom is -0.379 e. The van der Waals surface area contributed by atoms with Crippen LogP contribution in [-0.2, 0) is 4.79 Å². The van der Waals surface area contributed by atoms with Crippen LogP contribution in [0.2, 0.25) is 0 Å². The number of ketones is 1. The molecule has 0 spiro atoms. The van der Waals surface area contributed by atoms with Crippen LogP contribution in [0, 0.1) is 11.3 Å². The predicted molar refractivity (Wildman–Crippen MR) is 114 cm³/mol. The van der Waals surface area contributed by atoms with Crippen LogP contribution in [0.15, 0.2) is 39.2 Å². The van der Waals surface area contributed by atoms with E-state index in [4.69, 9.17) is 5.41 Å². The van der Waals surface area contributed by atoms with E-state index in [2.05, 4.69) is 25.6 Å². The van der Waals surface area contributed by atoms with Crippen molar-refractivity contribution >= 4 is 41.1 Å². The SMILES string of the molecule is CCC[C@H](CC(=O)c1ccc(NCC2=NC3C(=O)NC(=N)N=C3N=C2)cc1)C(O)O. The molecule has 1 amide bonds. The maximum atomic E-state index is 12.4. The molecule has 2 aliphatic rings. The number of benzene rings is 1. The second-order valence-corrected chi connectivity index (χ2v) is 7.11. The molecule has 0 aliphatic carbocycles. The molecule has 3 rings (SSSR count). The zero-order valence-corrected chi connectivity index (χ0v) is 16.5. The number of anilines is 1. The number of hydrogen-bond donors (Lipinski definition) is 5. The molecule has 0 saturated carbocycles. The van der Waals surface area contributed by atoms with Crippen LogP contribution in [0.3, 0.4) is 0 Å². The van der Waals surface area contributed by atoms with Gasteiger partial charge in [0.2, 0.25) is 5.96 Å². The van der Waals surface area contributed by atoms with Gasteiger partial charge in [-0.1, -0.05) is 13.3 Å². The van der Waals surface area contributed by atoms with Crippen LogP contribution < -0.4 is 10.6 Å². The Labute approximate surface area is 173 Å². The van der Waals surface area contributed by atoms with Crippen molar-refractivity contribution in [3.63, 3.8) is 0 Å². The summed E-state index contributed by atoms with van der Waals surface area (Å²) in [6.45, 7) is 2.25. The number of fused-ring (bicyclic) bond motifs is 1. The fourth-order valence-electron chi connectivity index (χ4n) is 3.20. The molecule has 0 aromatic heterocycles. The summed E-state index contributed by atoms with van der Waals surface area (Å²) < 4.78 is 0. The quantitative estimate of drug-likeness (QED) is 0.298. The molecule has 10 nitrogen and oxygen atoms in total. The van der Waals surface area contributed by atoms with Gasteiger partial charge in [0.25, 0.3) is 5.91 Å². The summed E-state index contributed by atoms with van der Waals surface area (Å²) in [5.74, 6) is -1.10. The number of hydrogen-bond acceptors (Lipinski definition) is 8. The first-order valence-electron chi connectivity index (χ1n) is 9.69. The molecule has 1 aromatic rings. The molecule has 0 saturated heterocycles. The highest BCUT2D eigenvalue weighted by Gasteiger charge is 2.31. The lowest BCUT2D eigenvalue weighted by atomic mass is 9.94. The number of rotatable bonds is 9. The average molecular weight is 412 g/mol. The van der Waals surface area contributed by atoms with E-state index in [0.29, 0.717) is 24.2 Å². The molecule has 1 aromatic carbocycles. The van der Waals surface area contributed by atoms with Crippen molar-refractivity contribution in [3.05, 3.63) is 29.8 Å². The Morgan fingerprint density at radius 2 is 2.03 bits per heavy atom. The fourth-order valence-corrected chi connectivity index (χ4v) is 3.20. The van der Waals surface area contributed by atoms with Crippen molar-refractivity contribution in [1.82, 2.24) is 5.32 Å². The minimum absolute atomic E-state index is 0.0797. The van der Waals surface area contributed by atoms with E-state index >= 15 is 0 Å². The highest BCUT2D eigenvalue weighted by Crippen LogP contribution is 2.19. The maximum Gasteiger partial charge on any atom is 0.259 e. The monoisotopic (exact) mass is 412 g/mol. The zero-order chi connectivity index (χ0) is 21.7. The van der Waals surface area contributed by atoms with E-state index in [0.717, 1.165) is 12.1 Å². The van der Waals surface area contributed by atoms with Gasteiger partial charge < -0.3 is 15.5 Å². The lowest BCUT2D eigenvalue weighted by Crippen LogP contribution is -2.47. The third kappa shape index (κ3) is 5.22. The van der Waals surface area contributed by atoms with E-state index in [1.54, 1.807) is 24.3 Å². The molecular formula is C20H24N6O4. The van der Waals surface area contributed by atoms with Crippen LogP contribution in [0.1, 0.15) is 36.5 Å². The highest BCUT2D eigenvalue weighted by atomic mass is 16.5. The smallest absolute Gasteiger partial charge is 0.259 e. The lowest BCUT2D eigenvalue weighted by molar-refractivity contribution is -0.119. The molecule has 30 heavy (non-hydrogen) atoms. The van der Waals surface area contributed by atoms with Gasteiger partial charge in [-0.25, -0.2) is 4.99 Å². The Bertz CT molecular complexity index is 920. The second-order valence-electron chi connectivity index (χ2n) is 7.11. The molecule has 0 bridgehead atoms. The van der Waals surface area contributed by atoms with Gasteiger partial charge >= 0.3 is 0 Å². The average Bonchev–Trinajstić information content (AvgIpc) is 2.72. The van der Waals surface area contributed by atoms with Crippen molar-refractivity contribution in [3.8, 4) is 0 Å².